The van der Waals surface area contributed by atoms with Gasteiger partial charge in [-0.3, -0.25) is 4.79 Å². The highest BCUT2D eigenvalue weighted by Crippen LogP contribution is 2.24. The van der Waals surface area contributed by atoms with Gasteiger partial charge in [-0.15, -0.1) is 0 Å². The molecule has 3 N–H and O–H groups in total. The van der Waals surface area contributed by atoms with Crippen molar-refractivity contribution in [2.24, 2.45) is 0 Å². The number of phenolic OH excluding ortho intramolecular Hbond substituents is 1. The molecular formula is C10H10O6. The monoisotopic (exact) mass is 226 g/mol. The van der Waals surface area contributed by atoms with Crippen LogP contribution in [0.5, 0.6) is 11.5 Å². The van der Waals surface area contributed by atoms with E-state index in [9.17, 15) is 14.7 Å². The lowest BCUT2D eigenvalue weighted by Crippen LogP contribution is -2.28. The number of phenols is 1. The highest BCUT2D eigenvalue weighted by Gasteiger charge is 2.21. The molecule has 0 aliphatic heterocycles. The normalized spacial score (nSPS) is 11.8. The highest BCUT2D eigenvalue weighted by molar-refractivity contribution is 5.82. The molecule has 0 amide bonds. The van der Waals surface area contributed by atoms with Crippen LogP contribution >= 0.6 is 0 Å². The molecule has 1 aromatic carbocycles. The van der Waals surface area contributed by atoms with Gasteiger partial charge in [0.15, 0.2) is 17.6 Å². The Hall–Kier alpha value is -2.08. The number of aliphatic hydroxyl groups excluding tert-OH is 1. The summed E-state index contributed by atoms with van der Waals surface area (Å²) < 4.78 is 4.61. The van der Waals surface area contributed by atoms with Crippen LogP contribution in [-0.4, -0.2) is 33.4 Å². The number of carboxylic acids is 1. The quantitative estimate of drug-likeness (QED) is 0.498. The summed E-state index contributed by atoms with van der Waals surface area (Å²) in [5, 5.41) is 26.7. The molecular weight excluding hydrogens is 216 g/mol. The summed E-state index contributed by atoms with van der Waals surface area (Å²) >= 11 is 0. The molecule has 0 aliphatic carbocycles. The van der Waals surface area contributed by atoms with E-state index in [1.54, 1.807) is 0 Å². The van der Waals surface area contributed by atoms with E-state index in [1.165, 1.54) is 24.3 Å². The van der Waals surface area contributed by atoms with Gasteiger partial charge >= 0.3 is 11.9 Å². The van der Waals surface area contributed by atoms with Crippen molar-refractivity contribution in [3.63, 3.8) is 0 Å². The number of aliphatic carboxylic acids is 1. The molecule has 0 saturated carbocycles. The summed E-state index contributed by atoms with van der Waals surface area (Å²) in [6, 6.07) is 5.67. The summed E-state index contributed by atoms with van der Waals surface area (Å²) in [6.45, 7) is 0. The van der Waals surface area contributed by atoms with Gasteiger partial charge in [-0.1, -0.05) is 12.1 Å². The van der Waals surface area contributed by atoms with E-state index in [0.717, 1.165) is 0 Å². The van der Waals surface area contributed by atoms with Crippen molar-refractivity contribution in [3.8, 4) is 11.5 Å². The molecule has 0 aromatic heterocycles. The molecule has 1 atom stereocenters. The lowest BCUT2D eigenvalue weighted by Gasteiger charge is -2.09. The first kappa shape index (κ1) is 12.0. The lowest BCUT2D eigenvalue weighted by atomic mass is 10.2. The number of benzene rings is 1. The summed E-state index contributed by atoms with van der Waals surface area (Å²) in [4.78, 5) is 21.4. The van der Waals surface area contributed by atoms with E-state index in [0.29, 0.717) is 0 Å². The Balaban J connectivity index is 2.64. The number of carboxylic acid groups (broad SMARTS) is 1. The molecule has 0 bridgehead atoms. The zero-order chi connectivity index (χ0) is 12.1. The second kappa shape index (κ2) is 5.13. The number of carbonyl (C=O) groups excluding carboxylic acids is 1. The average molecular weight is 226 g/mol. The van der Waals surface area contributed by atoms with Crippen molar-refractivity contribution < 1.29 is 29.6 Å². The van der Waals surface area contributed by atoms with Gasteiger partial charge in [-0.2, -0.15) is 0 Å². The molecule has 0 fully saturated rings. The van der Waals surface area contributed by atoms with Crippen LogP contribution in [-0.2, 0) is 9.59 Å². The van der Waals surface area contributed by atoms with Crippen LogP contribution < -0.4 is 4.74 Å². The Morgan fingerprint density at radius 2 is 1.94 bits per heavy atom. The Kier molecular flexibility index (Phi) is 3.84. The second-order valence-electron chi connectivity index (χ2n) is 3.00. The van der Waals surface area contributed by atoms with Crippen molar-refractivity contribution in [2.75, 3.05) is 0 Å². The van der Waals surface area contributed by atoms with Crippen molar-refractivity contribution in [2.45, 2.75) is 12.5 Å². The molecule has 0 heterocycles. The number of rotatable bonds is 4. The van der Waals surface area contributed by atoms with Gasteiger partial charge < -0.3 is 20.1 Å². The van der Waals surface area contributed by atoms with Gasteiger partial charge in [0.2, 0.25) is 0 Å². The van der Waals surface area contributed by atoms with E-state index in [4.69, 9.17) is 10.2 Å². The fraction of sp³-hybridized carbons (Fsp3) is 0.200. The number of esters is 1. The highest BCUT2D eigenvalue weighted by atomic mass is 16.6. The minimum absolute atomic E-state index is 0.128. The van der Waals surface area contributed by atoms with Gasteiger partial charge in [0.1, 0.15) is 0 Å². The summed E-state index contributed by atoms with van der Waals surface area (Å²) in [5.74, 6) is -2.83. The minimum Gasteiger partial charge on any atom is -0.504 e. The smallest absolute Gasteiger partial charge is 0.341 e. The molecule has 0 spiro atoms. The van der Waals surface area contributed by atoms with Crippen LogP contribution in [0.2, 0.25) is 0 Å². The van der Waals surface area contributed by atoms with Crippen LogP contribution in [0.15, 0.2) is 24.3 Å². The van der Waals surface area contributed by atoms with Crippen LogP contribution in [0, 0.1) is 0 Å². The standard InChI is InChI=1S/C10H10O6/c11-6-3-1-2-4-8(6)16-10(15)7(12)5-9(13)14/h1-4,7,11-12H,5H2,(H,13,14). The Morgan fingerprint density at radius 3 is 2.50 bits per heavy atom. The van der Waals surface area contributed by atoms with Gasteiger partial charge in [0.25, 0.3) is 0 Å². The van der Waals surface area contributed by atoms with Crippen molar-refractivity contribution in [1.82, 2.24) is 0 Å². The number of ether oxygens (including phenoxy) is 1. The van der Waals surface area contributed by atoms with Crippen LogP contribution in [0.3, 0.4) is 0 Å². The van der Waals surface area contributed by atoms with Gasteiger partial charge in [0, 0.05) is 0 Å². The molecule has 1 unspecified atom stereocenters. The molecule has 1 rings (SSSR count). The number of hydrogen-bond acceptors (Lipinski definition) is 5. The third-order valence-electron chi connectivity index (χ3n) is 1.72. The number of aliphatic hydroxyl groups is 1. The Bertz CT molecular complexity index is 400. The first-order valence-electron chi connectivity index (χ1n) is 4.40. The molecule has 6 nitrogen and oxygen atoms in total. The first-order chi connectivity index (χ1) is 7.50. The molecule has 1 aromatic rings. The maximum absolute atomic E-state index is 11.2. The van der Waals surface area contributed by atoms with Crippen LogP contribution in [0.25, 0.3) is 0 Å². The van der Waals surface area contributed by atoms with Crippen LogP contribution in [0.1, 0.15) is 6.42 Å². The predicted molar refractivity (Wildman–Crippen MR) is 52.0 cm³/mol. The largest absolute Gasteiger partial charge is 0.504 e. The van der Waals surface area contributed by atoms with E-state index in [1.807, 2.05) is 0 Å². The van der Waals surface area contributed by atoms with Crippen molar-refractivity contribution >= 4 is 11.9 Å². The summed E-state index contributed by atoms with van der Waals surface area (Å²) in [5.41, 5.74) is 0. The lowest BCUT2D eigenvalue weighted by molar-refractivity contribution is -0.151. The summed E-state index contributed by atoms with van der Waals surface area (Å²) in [7, 11) is 0. The fourth-order valence-electron chi connectivity index (χ4n) is 0.969. The molecule has 86 valence electrons. The van der Waals surface area contributed by atoms with E-state index < -0.39 is 24.5 Å². The maximum atomic E-state index is 11.2. The molecule has 0 saturated heterocycles. The Morgan fingerprint density at radius 1 is 1.31 bits per heavy atom. The van der Waals surface area contributed by atoms with Crippen molar-refractivity contribution in [1.29, 1.82) is 0 Å². The first-order valence-corrected chi connectivity index (χ1v) is 4.40. The number of hydrogen-bond donors (Lipinski definition) is 3. The zero-order valence-corrected chi connectivity index (χ0v) is 8.16. The second-order valence-corrected chi connectivity index (χ2v) is 3.00. The number of para-hydroxylation sites is 2. The molecule has 16 heavy (non-hydrogen) atoms. The van der Waals surface area contributed by atoms with Crippen molar-refractivity contribution in [3.05, 3.63) is 24.3 Å². The van der Waals surface area contributed by atoms with Crippen LogP contribution in [0.4, 0.5) is 0 Å². The topological polar surface area (TPSA) is 104 Å². The fourth-order valence-corrected chi connectivity index (χ4v) is 0.969. The average Bonchev–Trinajstić information content (AvgIpc) is 2.20. The molecule has 0 aliphatic rings. The number of aromatic hydroxyl groups is 1. The third kappa shape index (κ3) is 3.25. The predicted octanol–water partition coefficient (Wildman–Crippen LogP) is 0.133. The number of carbonyl (C=O) groups is 2. The molecule has 0 radical (unpaired) electrons. The third-order valence-corrected chi connectivity index (χ3v) is 1.72. The maximum Gasteiger partial charge on any atom is 0.341 e. The Labute approximate surface area is 90.7 Å². The van der Waals surface area contributed by atoms with Gasteiger partial charge in [-0.25, -0.2) is 4.79 Å². The van der Waals surface area contributed by atoms with Gasteiger partial charge in [0.05, 0.1) is 6.42 Å². The van der Waals surface area contributed by atoms with E-state index in [2.05, 4.69) is 4.74 Å². The molecule has 6 heteroatoms. The van der Waals surface area contributed by atoms with E-state index >= 15 is 0 Å². The van der Waals surface area contributed by atoms with Gasteiger partial charge in [-0.05, 0) is 12.1 Å². The van der Waals surface area contributed by atoms with E-state index in [-0.39, 0.29) is 11.5 Å². The minimum atomic E-state index is -1.75. The zero-order valence-electron chi connectivity index (χ0n) is 8.16. The summed E-state index contributed by atoms with van der Waals surface area (Å²) in [6.07, 6.45) is -2.50. The SMILES string of the molecule is O=C(O)CC(O)C(=O)Oc1ccccc1O.